The van der Waals surface area contributed by atoms with Gasteiger partial charge in [0.15, 0.2) is 5.11 Å². The summed E-state index contributed by atoms with van der Waals surface area (Å²) in [5, 5.41) is 9.71. The molecule has 0 spiro atoms. The summed E-state index contributed by atoms with van der Waals surface area (Å²) in [6, 6.07) is 11.1. The molecule has 2 heterocycles. The van der Waals surface area contributed by atoms with Gasteiger partial charge in [-0.2, -0.15) is 0 Å². The van der Waals surface area contributed by atoms with Gasteiger partial charge in [-0.05, 0) is 60.8 Å². The van der Waals surface area contributed by atoms with Gasteiger partial charge in [0.25, 0.3) is 0 Å². The second kappa shape index (κ2) is 7.75. The second-order valence-corrected chi connectivity index (χ2v) is 7.07. The van der Waals surface area contributed by atoms with Gasteiger partial charge in [-0.25, -0.2) is 4.39 Å². The van der Waals surface area contributed by atoms with Crippen LogP contribution in [0.3, 0.4) is 0 Å². The van der Waals surface area contributed by atoms with Crippen LogP contribution >= 0.6 is 23.6 Å². The van der Waals surface area contributed by atoms with Crippen LogP contribution < -0.4 is 10.6 Å². The van der Waals surface area contributed by atoms with Crippen molar-refractivity contribution in [1.29, 1.82) is 0 Å². The molecular formula is C17H20FN3S2. The zero-order valence-corrected chi connectivity index (χ0v) is 14.4. The van der Waals surface area contributed by atoms with E-state index in [1.807, 2.05) is 0 Å². The summed E-state index contributed by atoms with van der Waals surface area (Å²) >= 11 is 7.22. The summed E-state index contributed by atoms with van der Waals surface area (Å²) in [5.41, 5.74) is 0.975. The van der Waals surface area contributed by atoms with E-state index < -0.39 is 0 Å². The predicted octanol–water partition coefficient (Wildman–Crippen LogP) is 3.84. The molecule has 0 unspecified atom stereocenters. The number of nitrogens with zero attached hydrogens (tertiary/aromatic N) is 1. The molecule has 1 saturated heterocycles. The summed E-state index contributed by atoms with van der Waals surface area (Å²) in [6.45, 7) is 2.68. The van der Waals surface area contributed by atoms with E-state index in [0.717, 1.165) is 43.3 Å². The number of hydrogen-bond donors (Lipinski definition) is 2. The molecule has 122 valence electrons. The minimum Gasteiger partial charge on any atom is -0.382 e. The smallest absolute Gasteiger partial charge is 0.169 e. The van der Waals surface area contributed by atoms with Crippen molar-refractivity contribution in [3.8, 4) is 0 Å². The molecule has 2 N–H and O–H groups in total. The highest BCUT2D eigenvalue weighted by atomic mass is 32.1. The third-order valence-corrected chi connectivity index (χ3v) is 5.27. The molecule has 23 heavy (non-hydrogen) atoms. The number of hydrogen-bond acceptors (Lipinski definition) is 3. The Kier molecular flexibility index (Phi) is 5.46. The molecule has 1 aromatic carbocycles. The normalized spacial score (nSPS) is 15.4. The quantitative estimate of drug-likeness (QED) is 0.820. The molecular weight excluding hydrogens is 329 g/mol. The van der Waals surface area contributed by atoms with Crippen molar-refractivity contribution in [2.45, 2.75) is 25.4 Å². The summed E-state index contributed by atoms with van der Waals surface area (Å²) in [6.07, 6.45) is 2.05. The van der Waals surface area contributed by atoms with Crippen molar-refractivity contribution in [2.24, 2.45) is 0 Å². The van der Waals surface area contributed by atoms with Crippen LogP contribution in [0.25, 0.3) is 0 Å². The minimum absolute atomic E-state index is 0.201. The lowest BCUT2D eigenvalue weighted by molar-refractivity contribution is 0.320. The van der Waals surface area contributed by atoms with E-state index in [1.54, 1.807) is 23.5 Å². The van der Waals surface area contributed by atoms with Gasteiger partial charge in [-0.3, -0.25) is 0 Å². The largest absolute Gasteiger partial charge is 0.382 e. The molecule has 1 aliphatic heterocycles. The van der Waals surface area contributed by atoms with Crippen LogP contribution in [0.15, 0.2) is 41.8 Å². The van der Waals surface area contributed by atoms with Crippen molar-refractivity contribution in [3.63, 3.8) is 0 Å². The molecule has 0 bridgehead atoms. The first-order valence-corrected chi connectivity index (χ1v) is 9.07. The Balaban J connectivity index is 1.42. The Bertz CT molecular complexity index is 620. The van der Waals surface area contributed by atoms with Crippen LogP contribution in [0.4, 0.5) is 10.1 Å². The second-order valence-electron chi connectivity index (χ2n) is 5.65. The number of thiocarbonyl (C=S) groups is 1. The van der Waals surface area contributed by atoms with Gasteiger partial charge in [0.05, 0.1) is 6.54 Å². The Morgan fingerprint density at radius 1 is 1.22 bits per heavy atom. The average molecular weight is 350 g/mol. The zero-order chi connectivity index (χ0) is 16.1. The van der Waals surface area contributed by atoms with Crippen LogP contribution in [0.5, 0.6) is 0 Å². The van der Waals surface area contributed by atoms with Gasteiger partial charge in [-0.1, -0.05) is 6.07 Å². The Morgan fingerprint density at radius 3 is 2.61 bits per heavy atom. The van der Waals surface area contributed by atoms with Crippen molar-refractivity contribution < 1.29 is 4.39 Å². The van der Waals surface area contributed by atoms with Crippen molar-refractivity contribution in [1.82, 2.24) is 10.2 Å². The number of likely N-dealkylation sites (tertiary alicyclic amines) is 1. The lowest BCUT2D eigenvalue weighted by atomic mass is 10.0. The Morgan fingerprint density at radius 2 is 1.96 bits per heavy atom. The molecule has 3 rings (SSSR count). The van der Waals surface area contributed by atoms with E-state index >= 15 is 0 Å². The maximum absolute atomic E-state index is 12.9. The summed E-state index contributed by atoms with van der Waals surface area (Å²) in [5.74, 6) is -0.201. The zero-order valence-electron chi connectivity index (χ0n) is 12.8. The average Bonchev–Trinajstić information content (AvgIpc) is 3.09. The van der Waals surface area contributed by atoms with E-state index in [4.69, 9.17) is 12.2 Å². The highest BCUT2D eigenvalue weighted by Gasteiger charge is 2.20. The first kappa shape index (κ1) is 16.2. The minimum atomic E-state index is -0.201. The molecule has 6 heteroatoms. The number of halogens is 1. The van der Waals surface area contributed by atoms with Crippen LogP contribution in [-0.4, -0.2) is 29.1 Å². The van der Waals surface area contributed by atoms with Crippen LogP contribution in [-0.2, 0) is 6.54 Å². The van der Waals surface area contributed by atoms with Gasteiger partial charge in [0.2, 0.25) is 0 Å². The fourth-order valence-corrected chi connectivity index (χ4v) is 3.60. The molecule has 3 nitrogen and oxygen atoms in total. The van der Waals surface area contributed by atoms with Crippen molar-refractivity contribution in [2.75, 3.05) is 18.4 Å². The molecule has 0 aliphatic carbocycles. The third kappa shape index (κ3) is 4.65. The monoisotopic (exact) mass is 349 g/mol. The Hall–Kier alpha value is -1.66. The SMILES string of the molecule is Fc1ccc(NC2CCN(C(=S)NCc3cccs3)CC2)cc1. The number of nitrogens with one attached hydrogen (secondary N) is 2. The number of piperidine rings is 1. The topological polar surface area (TPSA) is 27.3 Å². The van der Waals surface area contributed by atoms with Crippen molar-refractivity contribution in [3.05, 3.63) is 52.5 Å². The Labute approximate surface area is 145 Å². The van der Waals surface area contributed by atoms with Gasteiger partial charge >= 0.3 is 0 Å². The van der Waals surface area contributed by atoms with E-state index in [-0.39, 0.29) is 5.82 Å². The van der Waals surface area contributed by atoms with Gasteiger partial charge in [-0.15, -0.1) is 11.3 Å². The van der Waals surface area contributed by atoms with Crippen LogP contribution in [0.1, 0.15) is 17.7 Å². The molecule has 1 aliphatic rings. The first-order valence-electron chi connectivity index (χ1n) is 7.78. The standard InChI is InChI=1S/C17H20FN3S2/c18-13-3-5-14(6-4-13)20-15-7-9-21(10-8-15)17(22)19-12-16-2-1-11-23-16/h1-6,11,15,20H,7-10,12H2,(H,19,22). The summed E-state index contributed by atoms with van der Waals surface area (Å²) in [7, 11) is 0. The molecule has 1 fully saturated rings. The van der Waals surface area contributed by atoms with Crippen LogP contribution in [0.2, 0.25) is 0 Å². The molecule has 1 aromatic heterocycles. The molecule has 0 saturated carbocycles. The van der Waals surface area contributed by atoms with Gasteiger partial charge in [0.1, 0.15) is 5.82 Å². The predicted molar refractivity (Wildman–Crippen MR) is 98.4 cm³/mol. The lowest BCUT2D eigenvalue weighted by Crippen LogP contribution is -2.46. The molecule has 0 amide bonds. The van der Waals surface area contributed by atoms with E-state index in [9.17, 15) is 4.39 Å². The number of anilines is 1. The van der Waals surface area contributed by atoms with Crippen molar-refractivity contribution >= 4 is 34.4 Å². The number of thiophene rings is 1. The molecule has 0 atom stereocenters. The van der Waals surface area contributed by atoms with Gasteiger partial charge in [0, 0.05) is 29.7 Å². The summed E-state index contributed by atoms with van der Waals surface area (Å²) in [4.78, 5) is 3.52. The van der Waals surface area contributed by atoms with Gasteiger partial charge < -0.3 is 15.5 Å². The third-order valence-electron chi connectivity index (χ3n) is 3.99. The number of rotatable bonds is 4. The fraction of sp³-hybridized carbons (Fsp3) is 0.353. The maximum atomic E-state index is 12.9. The van der Waals surface area contributed by atoms with Crippen LogP contribution in [0, 0.1) is 5.82 Å². The highest BCUT2D eigenvalue weighted by Crippen LogP contribution is 2.17. The first-order chi connectivity index (χ1) is 11.2. The summed E-state index contributed by atoms with van der Waals surface area (Å²) < 4.78 is 12.9. The maximum Gasteiger partial charge on any atom is 0.169 e. The molecule has 2 aromatic rings. The highest BCUT2D eigenvalue weighted by molar-refractivity contribution is 7.80. The van der Waals surface area contributed by atoms with E-state index in [1.165, 1.54) is 17.0 Å². The van der Waals surface area contributed by atoms with E-state index in [0.29, 0.717) is 6.04 Å². The van der Waals surface area contributed by atoms with E-state index in [2.05, 4.69) is 33.0 Å². The number of benzene rings is 1. The fourth-order valence-electron chi connectivity index (χ4n) is 2.70. The molecule has 0 radical (unpaired) electrons. The lowest BCUT2D eigenvalue weighted by Gasteiger charge is -2.34.